The second-order valence-electron chi connectivity index (χ2n) is 2.85. The molecule has 0 unspecified atom stereocenters. The molecule has 3 N–H and O–H groups in total. The molecule has 7 nitrogen and oxygen atoms in total. The van der Waals surface area contributed by atoms with E-state index in [2.05, 4.69) is 35.6 Å². The molecule has 2 rings (SSSR count). The fourth-order valence-corrected chi connectivity index (χ4v) is 3.18. The average Bonchev–Trinajstić information content (AvgIpc) is 2.63. The molecule has 2 heterocycles. The Morgan fingerprint density at radius 1 is 1.24 bits per heavy atom. The quantitative estimate of drug-likeness (QED) is 0.868. The normalized spacial score (nSPS) is 11.4. The molecule has 0 aliphatic rings. The molecule has 0 aromatic carbocycles. The van der Waals surface area contributed by atoms with Gasteiger partial charge in [0.15, 0.2) is 5.13 Å². The maximum absolute atomic E-state index is 11.8. The first-order chi connectivity index (χ1) is 7.97. The number of hydrogen-bond donors (Lipinski definition) is 2. The number of halogens is 1. The van der Waals surface area contributed by atoms with Gasteiger partial charge in [-0.15, -0.1) is 0 Å². The minimum Gasteiger partial charge on any atom is -0.368 e. The van der Waals surface area contributed by atoms with Gasteiger partial charge in [-0.1, -0.05) is 11.3 Å². The van der Waals surface area contributed by atoms with E-state index in [4.69, 9.17) is 5.73 Å². The highest BCUT2D eigenvalue weighted by Gasteiger charge is 2.16. The van der Waals surface area contributed by atoms with Gasteiger partial charge >= 0.3 is 0 Å². The van der Waals surface area contributed by atoms with Crippen molar-refractivity contribution in [1.29, 1.82) is 0 Å². The van der Waals surface area contributed by atoms with E-state index >= 15 is 0 Å². The number of nitrogen functional groups attached to an aromatic ring is 1. The van der Waals surface area contributed by atoms with Crippen LogP contribution in [-0.4, -0.2) is 23.4 Å². The van der Waals surface area contributed by atoms with Crippen molar-refractivity contribution in [3.05, 3.63) is 22.4 Å². The Morgan fingerprint density at radius 2 is 1.88 bits per heavy atom. The van der Waals surface area contributed by atoms with Crippen LogP contribution in [0.15, 0.2) is 27.3 Å². The van der Waals surface area contributed by atoms with Crippen molar-refractivity contribution < 1.29 is 8.42 Å². The van der Waals surface area contributed by atoms with Gasteiger partial charge in [0, 0.05) is 0 Å². The van der Waals surface area contributed by atoms with E-state index in [1.165, 1.54) is 6.20 Å². The largest absolute Gasteiger partial charge is 0.368 e. The van der Waals surface area contributed by atoms with Gasteiger partial charge in [0.1, 0.15) is 4.90 Å². The van der Waals surface area contributed by atoms with Crippen molar-refractivity contribution in [3.63, 3.8) is 0 Å². The minimum atomic E-state index is -3.72. The third-order valence-corrected chi connectivity index (χ3v) is 4.47. The molecule has 2 aromatic rings. The molecule has 10 heteroatoms. The van der Waals surface area contributed by atoms with Crippen molar-refractivity contribution in [2.45, 2.75) is 4.90 Å². The van der Waals surface area contributed by atoms with Gasteiger partial charge < -0.3 is 5.73 Å². The highest BCUT2D eigenvalue weighted by atomic mass is 79.9. The Bertz CT molecular complexity index is 624. The van der Waals surface area contributed by atoms with E-state index in [-0.39, 0.29) is 16.0 Å². The first kappa shape index (κ1) is 12.2. The van der Waals surface area contributed by atoms with Crippen molar-refractivity contribution in [2.24, 2.45) is 0 Å². The topological polar surface area (TPSA) is 111 Å². The zero-order chi connectivity index (χ0) is 12.5. The lowest BCUT2D eigenvalue weighted by atomic mass is 10.7. The van der Waals surface area contributed by atoms with E-state index in [9.17, 15) is 8.42 Å². The van der Waals surface area contributed by atoms with E-state index < -0.39 is 10.0 Å². The number of aromatic nitrogens is 3. The standard InChI is InChI=1S/C7H6BrN5O2S2/c8-5-3-12-7(16-5)13-17(14,15)4-1-10-6(9)11-2-4/h1-3H,(H,12,13)(H2,9,10,11). The summed E-state index contributed by atoms with van der Waals surface area (Å²) in [4.78, 5) is 11.0. The van der Waals surface area contributed by atoms with Gasteiger partial charge in [-0.3, -0.25) is 4.72 Å². The number of nitrogens with zero attached hydrogens (tertiary/aromatic N) is 3. The van der Waals surface area contributed by atoms with Crippen LogP contribution in [0.4, 0.5) is 11.1 Å². The smallest absolute Gasteiger partial charge is 0.266 e. The Labute approximate surface area is 109 Å². The van der Waals surface area contributed by atoms with Gasteiger partial charge in [-0.2, -0.15) is 0 Å². The van der Waals surface area contributed by atoms with E-state index in [0.717, 1.165) is 27.5 Å². The summed E-state index contributed by atoms with van der Waals surface area (Å²) in [6.07, 6.45) is 3.77. The van der Waals surface area contributed by atoms with Crippen LogP contribution in [0.1, 0.15) is 0 Å². The zero-order valence-electron chi connectivity index (χ0n) is 8.16. The van der Waals surface area contributed by atoms with E-state index in [0.29, 0.717) is 0 Å². The molecule has 0 bridgehead atoms. The zero-order valence-corrected chi connectivity index (χ0v) is 11.4. The summed E-state index contributed by atoms with van der Waals surface area (Å²) in [7, 11) is -3.72. The summed E-state index contributed by atoms with van der Waals surface area (Å²) < 4.78 is 26.7. The van der Waals surface area contributed by atoms with Crippen molar-refractivity contribution in [3.8, 4) is 0 Å². The molecule has 0 saturated carbocycles. The molecule has 0 radical (unpaired) electrons. The van der Waals surface area contributed by atoms with Gasteiger partial charge in [0.25, 0.3) is 10.0 Å². The van der Waals surface area contributed by atoms with Crippen LogP contribution in [0, 0.1) is 0 Å². The van der Waals surface area contributed by atoms with Crippen LogP contribution in [0.5, 0.6) is 0 Å². The molecular weight excluding hydrogens is 330 g/mol. The third-order valence-electron chi connectivity index (χ3n) is 1.66. The number of rotatable bonds is 3. The van der Waals surface area contributed by atoms with Crippen molar-refractivity contribution >= 4 is 48.4 Å². The van der Waals surface area contributed by atoms with Gasteiger partial charge in [-0.05, 0) is 15.9 Å². The van der Waals surface area contributed by atoms with Gasteiger partial charge in [-0.25, -0.2) is 23.4 Å². The highest BCUT2D eigenvalue weighted by molar-refractivity contribution is 9.11. The number of hydrogen-bond acceptors (Lipinski definition) is 7. The third kappa shape index (κ3) is 2.90. The Morgan fingerprint density at radius 3 is 2.41 bits per heavy atom. The summed E-state index contributed by atoms with van der Waals surface area (Å²) in [5.74, 6) is 0.0148. The minimum absolute atomic E-state index is 0.0148. The van der Waals surface area contributed by atoms with E-state index in [1.54, 1.807) is 0 Å². The number of nitrogens with two attached hydrogens (primary N) is 1. The molecular formula is C7H6BrN5O2S2. The van der Waals surface area contributed by atoms with Crippen LogP contribution in [0.25, 0.3) is 0 Å². The summed E-state index contributed by atoms with van der Waals surface area (Å²) >= 11 is 4.35. The summed E-state index contributed by atoms with van der Waals surface area (Å²) in [6.45, 7) is 0. The second kappa shape index (κ2) is 4.55. The van der Waals surface area contributed by atoms with Gasteiger partial charge in [0.2, 0.25) is 5.95 Å². The Hall–Kier alpha value is -1.26. The van der Waals surface area contributed by atoms with Crippen LogP contribution >= 0.6 is 27.3 Å². The molecule has 0 amide bonds. The first-order valence-electron chi connectivity index (χ1n) is 4.19. The van der Waals surface area contributed by atoms with Crippen LogP contribution in [-0.2, 0) is 10.0 Å². The van der Waals surface area contributed by atoms with Crippen LogP contribution in [0.2, 0.25) is 0 Å². The van der Waals surface area contributed by atoms with Crippen molar-refractivity contribution in [1.82, 2.24) is 15.0 Å². The Kier molecular flexibility index (Phi) is 3.26. The van der Waals surface area contributed by atoms with E-state index in [1.807, 2.05) is 0 Å². The predicted molar refractivity (Wildman–Crippen MR) is 67.1 cm³/mol. The fraction of sp³-hybridized carbons (Fsp3) is 0. The maximum Gasteiger partial charge on any atom is 0.266 e. The highest BCUT2D eigenvalue weighted by Crippen LogP contribution is 2.25. The lowest BCUT2D eigenvalue weighted by Gasteiger charge is -2.03. The summed E-state index contributed by atoms with van der Waals surface area (Å²) in [5.41, 5.74) is 5.27. The number of anilines is 2. The van der Waals surface area contributed by atoms with Gasteiger partial charge in [0.05, 0.1) is 22.4 Å². The Balaban J connectivity index is 2.28. The molecule has 0 atom stereocenters. The lowest BCUT2D eigenvalue weighted by Crippen LogP contribution is -2.13. The molecule has 0 saturated heterocycles. The molecule has 0 spiro atoms. The molecule has 0 aliphatic carbocycles. The molecule has 0 fully saturated rings. The molecule has 2 aromatic heterocycles. The number of nitrogens with one attached hydrogen (secondary N) is 1. The predicted octanol–water partition coefficient (Wildman–Crippen LogP) is 1.08. The molecule has 0 aliphatic heterocycles. The first-order valence-corrected chi connectivity index (χ1v) is 7.28. The summed E-state index contributed by atoms with van der Waals surface area (Å²) in [6, 6.07) is 0. The molecule has 90 valence electrons. The number of sulfonamides is 1. The second-order valence-corrected chi connectivity index (χ2v) is 6.94. The monoisotopic (exact) mass is 335 g/mol. The van der Waals surface area contributed by atoms with Crippen LogP contribution < -0.4 is 10.5 Å². The lowest BCUT2D eigenvalue weighted by molar-refractivity contribution is 0.600. The van der Waals surface area contributed by atoms with Crippen LogP contribution in [0.3, 0.4) is 0 Å². The average molecular weight is 336 g/mol. The summed E-state index contributed by atoms with van der Waals surface area (Å²) in [5, 5.41) is 0.258. The van der Waals surface area contributed by atoms with Crippen molar-refractivity contribution in [2.75, 3.05) is 10.5 Å². The molecule has 17 heavy (non-hydrogen) atoms. The maximum atomic E-state index is 11.8. The SMILES string of the molecule is Nc1ncc(S(=O)(=O)Nc2ncc(Br)s2)cn1. The fourth-order valence-electron chi connectivity index (χ4n) is 0.940. The number of thiazole rings is 1.